The number of carboxylic acids is 1. The van der Waals surface area contributed by atoms with Crippen molar-refractivity contribution in [2.45, 2.75) is 13.8 Å². The molecule has 0 aliphatic rings. The molecule has 0 atom stereocenters. The molecule has 0 saturated heterocycles. The van der Waals surface area contributed by atoms with Crippen molar-refractivity contribution in [2.75, 3.05) is 0 Å². The van der Waals surface area contributed by atoms with Crippen molar-refractivity contribution in [2.24, 2.45) is 5.73 Å². The van der Waals surface area contributed by atoms with Crippen molar-refractivity contribution >= 4 is 12.0 Å². The van der Waals surface area contributed by atoms with E-state index in [4.69, 9.17) is 10.8 Å². The van der Waals surface area contributed by atoms with Crippen LogP contribution in [-0.4, -0.2) is 16.1 Å². The molecule has 1 aromatic heterocycles. The van der Waals surface area contributed by atoms with Crippen LogP contribution < -0.4 is 5.73 Å². The van der Waals surface area contributed by atoms with Gasteiger partial charge in [-0.1, -0.05) is 0 Å². The molecule has 0 radical (unpaired) electrons. The van der Waals surface area contributed by atoms with Gasteiger partial charge in [-0.2, -0.15) is 0 Å². The maximum atomic E-state index is 10.4. The zero-order valence-corrected chi connectivity index (χ0v) is 8.11. The molecule has 0 unspecified atom stereocenters. The molecular weight excluding hydrogens is 180 g/mol. The molecule has 4 heteroatoms. The molecule has 0 aromatic carbocycles. The second-order valence-electron chi connectivity index (χ2n) is 3.08. The number of carboxylic acid groups (broad SMARTS) is 1. The molecule has 0 aliphatic heterocycles. The Morgan fingerprint density at radius 2 is 2.21 bits per heavy atom. The highest BCUT2D eigenvalue weighted by Crippen LogP contribution is 2.08. The third kappa shape index (κ3) is 2.32. The maximum Gasteiger partial charge on any atom is 0.351 e. The third-order valence-electron chi connectivity index (χ3n) is 1.93. The Labute approximate surface area is 82.1 Å². The summed E-state index contributed by atoms with van der Waals surface area (Å²) >= 11 is 0. The Bertz CT molecular complexity index is 397. The van der Waals surface area contributed by atoms with Gasteiger partial charge in [-0.3, -0.25) is 4.98 Å². The number of aromatic nitrogens is 1. The van der Waals surface area contributed by atoms with Crippen LogP contribution in [0.3, 0.4) is 0 Å². The van der Waals surface area contributed by atoms with Gasteiger partial charge in [0.15, 0.2) is 0 Å². The van der Waals surface area contributed by atoms with E-state index in [0.29, 0.717) is 5.56 Å². The van der Waals surface area contributed by atoms with Crippen LogP contribution in [0.1, 0.15) is 16.8 Å². The van der Waals surface area contributed by atoms with Gasteiger partial charge >= 0.3 is 5.97 Å². The van der Waals surface area contributed by atoms with Crippen molar-refractivity contribution < 1.29 is 9.90 Å². The minimum Gasteiger partial charge on any atom is -0.477 e. The quantitative estimate of drug-likeness (QED) is 0.687. The number of aryl methyl sites for hydroxylation is 2. The van der Waals surface area contributed by atoms with Gasteiger partial charge < -0.3 is 10.8 Å². The molecule has 4 nitrogen and oxygen atoms in total. The van der Waals surface area contributed by atoms with Gasteiger partial charge in [0.05, 0.1) is 0 Å². The summed E-state index contributed by atoms with van der Waals surface area (Å²) in [5.41, 5.74) is 7.73. The monoisotopic (exact) mass is 192 g/mol. The minimum absolute atomic E-state index is 0.185. The van der Waals surface area contributed by atoms with Crippen molar-refractivity contribution in [3.63, 3.8) is 0 Å². The molecule has 0 saturated carbocycles. The second kappa shape index (κ2) is 3.91. The van der Waals surface area contributed by atoms with Gasteiger partial charge in [-0.05, 0) is 37.1 Å². The van der Waals surface area contributed by atoms with Crippen LogP contribution in [0.2, 0.25) is 0 Å². The topological polar surface area (TPSA) is 76.2 Å². The lowest BCUT2D eigenvalue weighted by Gasteiger charge is -2.00. The number of aliphatic carboxylic acids is 1. The zero-order chi connectivity index (χ0) is 10.7. The van der Waals surface area contributed by atoms with E-state index in [9.17, 15) is 4.79 Å². The van der Waals surface area contributed by atoms with Gasteiger partial charge in [0, 0.05) is 11.9 Å². The molecule has 14 heavy (non-hydrogen) atoms. The van der Waals surface area contributed by atoms with E-state index in [1.807, 2.05) is 19.9 Å². The van der Waals surface area contributed by atoms with E-state index in [-0.39, 0.29) is 5.70 Å². The molecule has 74 valence electrons. The van der Waals surface area contributed by atoms with Gasteiger partial charge in [0.2, 0.25) is 0 Å². The Hall–Kier alpha value is -1.84. The van der Waals surface area contributed by atoms with Crippen LogP contribution in [0.4, 0.5) is 0 Å². The lowest BCUT2D eigenvalue weighted by Crippen LogP contribution is -2.09. The van der Waals surface area contributed by atoms with Gasteiger partial charge in [-0.15, -0.1) is 0 Å². The number of carbonyl (C=O) groups is 1. The highest BCUT2D eigenvalue weighted by Gasteiger charge is 2.01. The summed E-state index contributed by atoms with van der Waals surface area (Å²) in [4.78, 5) is 14.5. The fourth-order valence-corrected chi connectivity index (χ4v) is 0.985. The summed E-state index contributed by atoms with van der Waals surface area (Å²) in [6.45, 7) is 3.81. The maximum absolute atomic E-state index is 10.4. The molecule has 1 rings (SSSR count). The summed E-state index contributed by atoms with van der Waals surface area (Å²) in [6.07, 6.45) is 2.99. The number of nitrogens with zero attached hydrogens (tertiary/aromatic N) is 1. The van der Waals surface area contributed by atoms with Crippen LogP contribution in [-0.2, 0) is 4.79 Å². The molecule has 0 spiro atoms. The average molecular weight is 192 g/mol. The van der Waals surface area contributed by atoms with Crippen molar-refractivity contribution in [1.29, 1.82) is 0 Å². The lowest BCUT2D eigenvalue weighted by atomic mass is 10.1. The number of nitrogens with two attached hydrogens (primary N) is 1. The number of hydrogen-bond acceptors (Lipinski definition) is 3. The number of pyridine rings is 1. The van der Waals surface area contributed by atoms with Crippen LogP contribution in [0.15, 0.2) is 18.0 Å². The summed E-state index contributed by atoms with van der Waals surface area (Å²) in [6, 6.07) is 1.85. The largest absolute Gasteiger partial charge is 0.477 e. The first-order valence-electron chi connectivity index (χ1n) is 4.14. The average Bonchev–Trinajstić information content (AvgIpc) is 2.11. The lowest BCUT2D eigenvalue weighted by molar-refractivity contribution is -0.132. The summed E-state index contributed by atoms with van der Waals surface area (Å²) in [5, 5.41) is 8.55. The van der Waals surface area contributed by atoms with E-state index in [2.05, 4.69) is 4.98 Å². The standard InChI is InChI=1S/C10H12N2O2/c1-6-3-8(5-12-7(6)2)4-9(11)10(13)14/h3-5H,11H2,1-2H3,(H,13,14)/b9-4+. The van der Waals surface area contributed by atoms with Crippen LogP contribution in [0.5, 0.6) is 0 Å². The van der Waals surface area contributed by atoms with E-state index in [1.54, 1.807) is 6.20 Å². The first kappa shape index (κ1) is 10.2. The highest BCUT2D eigenvalue weighted by molar-refractivity contribution is 5.90. The van der Waals surface area contributed by atoms with E-state index < -0.39 is 5.97 Å². The Morgan fingerprint density at radius 1 is 1.57 bits per heavy atom. The Kier molecular flexibility index (Phi) is 2.86. The van der Waals surface area contributed by atoms with Crippen LogP contribution >= 0.6 is 0 Å². The van der Waals surface area contributed by atoms with E-state index in [0.717, 1.165) is 11.3 Å². The summed E-state index contributed by atoms with van der Waals surface area (Å²) in [5.74, 6) is -1.12. The predicted molar refractivity (Wildman–Crippen MR) is 53.5 cm³/mol. The minimum atomic E-state index is -1.12. The molecule has 0 fully saturated rings. The molecular formula is C10H12N2O2. The van der Waals surface area contributed by atoms with Crippen LogP contribution in [0, 0.1) is 13.8 Å². The molecule has 0 amide bonds. The SMILES string of the molecule is Cc1cc(/C=C(/N)C(=O)O)cnc1C. The number of rotatable bonds is 2. The third-order valence-corrected chi connectivity index (χ3v) is 1.93. The summed E-state index contributed by atoms with van der Waals surface area (Å²) in [7, 11) is 0. The van der Waals surface area contributed by atoms with E-state index >= 15 is 0 Å². The predicted octanol–water partition coefficient (Wildman–Crippen LogP) is 1.08. The smallest absolute Gasteiger partial charge is 0.351 e. The molecule has 0 bridgehead atoms. The zero-order valence-electron chi connectivity index (χ0n) is 8.11. The second-order valence-corrected chi connectivity index (χ2v) is 3.08. The van der Waals surface area contributed by atoms with Gasteiger partial charge in [0.25, 0.3) is 0 Å². The highest BCUT2D eigenvalue weighted by atomic mass is 16.4. The molecule has 0 aliphatic carbocycles. The molecule has 1 aromatic rings. The Balaban J connectivity index is 3.04. The fraction of sp³-hybridized carbons (Fsp3) is 0.200. The van der Waals surface area contributed by atoms with Crippen molar-refractivity contribution in [3.05, 3.63) is 34.8 Å². The van der Waals surface area contributed by atoms with Gasteiger partial charge in [-0.25, -0.2) is 4.79 Å². The first-order valence-corrected chi connectivity index (χ1v) is 4.14. The van der Waals surface area contributed by atoms with E-state index in [1.165, 1.54) is 6.08 Å². The number of hydrogen-bond donors (Lipinski definition) is 2. The summed E-state index contributed by atoms with van der Waals surface area (Å²) < 4.78 is 0. The van der Waals surface area contributed by atoms with Crippen molar-refractivity contribution in [1.82, 2.24) is 4.98 Å². The fourth-order valence-electron chi connectivity index (χ4n) is 0.985. The molecule has 1 heterocycles. The Morgan fingerprint density at radius 3 is 2.71 bits per heavy atom. The first-order chi connectivity index (χ1) is 6.50. The van der Waals surface area contributed by atoms with Crippen LogP contribution in [0.25, 0.3) is 6.08 Å². The van der Waals surface area contributed by atoms with Crippen molar-refractivity contribution in [3.8, 4) is 0 Å². The molecule has 3 N–H and O–H groups in total. The normalized spacial score (nSPS) is 11.4. The van der Waals surface area contributed by atoms with Gasteiger partial charge in [0.1, 0.15) is 5.70 Å².